The Morgan fingerprint density at radius 2 is 2.00 bits per heavy atom. The van der Waals surface area contributed by atoms with Crippen LogP contribution in [0.5, 0.6) is 0 Å². The Balaban J connectivity index is 1.67. The van der Waals surface area contributed by atoms with E-state index in [-0.39, 0.29) is 5.78 Å². The van der Waals surface area contributed by atoms with Crippen LogP contribution in [-0.4, -0.2) is 15.8 Å². The van der Waals surface area contributed by atoms with Crippen LogP contribution in [0.25, 0.3) is 0 Å². The van der Waals surface area contributed by atoms with Crippen LogP contribution >= 0.6 is 0 Å². The summed E-state index contributed by atoms with van der Waals surface area (Å²) in [6, 6.07) is 5.96. The van der Waals surface area contributed by atoms with Crippen molar-refractivity contribution in [2.75, 3.05) is 5.32 Å². The number of Topliss-reactive ketones (excluding diaryl/α,β-unsaturated/α-hetero) is 1. The molecule has 2 aliphatic carbocycles. The summed E-state index contributed by atoms with van der Waals surface area (Å²) in [7, 11) is 0. The molecule has 4 nitrogen and oxygen atoms in total. The Morgan fingerprint density at radius 1 is 1.05 bits per heavy atom. The number of aromatic nitrogens is 2. The SMILES string of the molecule is O=C1CCc2cc(Nc3ncnc4c3CCC4)ccc21. The zero-order valence-corrected chi connectivity index (χ0v) is 11.1. The number of carbonyl (C=O) groups excluding carboxylic acids is 1. The van der Waals surface area contributed by atoms with E-state index in [0.29, 0.717) is 6.42 Å². The molecule has 100 valence electrons. The van der Waals surface area contributed by atoms with Gasteiger partial charge in [-0.05, 0) is 49.4 Å². The van der Waals surface area contributed by atoms with E-state index in [2.05, 4.69) is 21.4 Å². The molecule has 4 heteroatoms. The molecule has 1 aromatic carbocycles. The highest BCUT2D eigenvalue weighted by molar-refractivity contribution is 6.00. The summed E-state index contributed by atoms with van der Waals surface area (Å²) < 4.78 is 0. The van der Waals surface area contributed by atoms with E-state index in [1.165, 1.54) is 11.3 Å². The van der Waals surface area contributed by atoms with Gasteiger partial charge in [0.05, 0.1) is 0 Å². The minimum atomic E-state index is 0.259. The second-order valence-electron chi connectivity index (χ2n) is 5.42. The number of hydrogen-bond donors (Lipinski definition) is 1. The van der Waals surface area contributed by atoms with Gasteiger partial charge in [-0.15, -0.1) is 0 Å². The zero-order valence-electron chi connectivity index (χ0n) is 11.1. The third-order valence-corrected chi connectivity index (χ3v) is 4.16. The van der Waals surface area contributed by atoms with E-state index >= 15 is 0 Å². The van der Waals surface area contributed by atoms with Crippen molar-refractivity contribution in [1.29, 1.82) is 0 Å². The summed E-state index contributed by atoms with van der Waals surface area (Å²) in [6.07, 6.45) is 6.37. The number of ketones is 1. The minimum Gasteiger partial charge on any atom is -0.340 e. The predicted octanol–water partition coefficient (Wildman–Crippen LogP) is 2.84. The Labute approximate surface area is 117 Å². The number of nitrogens with one attached hydrogen (secondary N) is 1. The van der Waals surface area contributed by atoms with Gasteiger partial charge in [-0.3, -0.25) is 4.79 Å². The first-order valence-electron chi connectivity index (χ1n) is 7.07. The molecular formula is C16H15N3O. The van der Waals surface area contributed by atoms with Crippen LogP contribution in [0.2, 0.25) is 0 Å². The quantitative estimate of drug-likeness (QED) is 0.907. The number of hydrogen-bond acceptors (Lipinski definition) is 4. The molecule has 2 aliphatic rings. The largest absolute Gasteiger partial charge is 0.340 e. The van der Waals surface area contributed by atoms with Gasteiger partial charge in [0.15, 0.2) is 5.78 Å². The van der Waals surface area contributed by atoms with Crippen LogP contribution in [-0.2, 0) is 19.3 Å². The molecule has 1 heterocycles. The topological polar surface area (TPSA) is 54.9 Å². The molecule has 0 atom stereocenters. The zero-order chi connectivity index (χ0) is 13.5. The van der Waals surface area contributed by atoms with Gasteiger partial charge in [0, 0.05) is 28.9 Å². The summed E-state index contributed by atoms with van der Waals surface area (Å²) in [5.74, 6) is 1.17. The van der Waals surface area contributed by atoms with Gasteiger partial charge >= 0.3 is 0 Å². The first-order chi connectivity index (χ1) is 9.81. The van der Waals surface area contributed by atoms with Crippen LogP contribution in [0.4, 0.5) is 11.5 Å². The van der Waals surface area contributed by atoms with Gasteiger partial charge in [-0.1, -0.05) is 0 Å². The molecule has 0 saturated carbocycles. The van der Waals surface area contributed by atoms with Gasteiger partial charge in [-0.25, -0.2) is 9.97 Å². The maximum atomic E-state index is 11.6. The van der Waals surface area contributed by atoms with Crippen molar-refractivity contribution < 1.29 is 4.79 Å². The lowest BCUT2D eigenvalue weighted by molar-refractivity contribution is 0.0994. The van der Waals surface area contributed by atoms with E-state index in [4.69, 9.17) is 0 Å². The van der Waals surface area contributed by atoms with Crippen LogP contribution in [0.15, 0.2) is 24.5 Å². The maximum absolute atomic E-state index is 11.6. The number of benzene rings is 1. The maximum Gasteiger partial charge on any atom is 0.163 e. The Bertz CT molecular complexity index is 709. The van der Waals surface area contributed by atoms with Gasteiger partial charge < -0.3 is 5.32 Å². The van der Waals surface area contributed by atoms with Gasteiger partial charge in [0.1, 0.15) is 12.1 Å². The summed E-state index contributed by atoms with van der Waals surface area (Å²) >= 11 is 0. The van der Waals surface area contributed by atoms with Crippen molar-refractivity contribution in [3.8, 4) is 0 Å². The minimum absolute atomic E-state index is 0.259. The van der Waals surface area contributed by atoms with E-state index in [9.17, 15) is 4.79 Å². The lowest BCUT2D eigenvalue weighted by Crippen LogP contribution is -2.01. The Kier molecular flexibility index (Phi) is 2.55. The van der Waals surface area contributed by atoms with Crippen molar-refractivity contribution in [2.45, 2.75) is 32.1 Å². The number of anilines is 2. The molecule has 20 heavy (non-hydrogen) atoms. The van der Waals surface area contributed by atoms with Crippen LogP contribution < -0.4 is 5.32 Å². The fourth-order valence-electron chi connectivity index (χ4n) is 3.14. The second-order valence-corrected chi connectivity index (χ2v) is 5.42. The molecule has 0 spiro atoms. The van der Waals surface area contributed by atoms with E-state index in [1.54, 1.807) is 6.33 Å². The number of nitrogens with zero attached hydrogens (tertiary/aromatic N) is 2. The normalized spacial score (nSPS) is 16.1. The molecule has 1 aromatic heterocycles. The highest BCUT2D eigenvalue weighted by Crippen LogP contribution is 2.30. The highest BCUT2D eigenvalue weighted by atomic mass is 16.1. The predicted molar refractivity (Wildman–Crippen MR) is 76.4 cm³/mol. The fraction of sp³-hybridized carbons (Fsp3) is 0.312. The lowest BCUT2D eigenvalue weighted by Gasteiger charge is -2.10. The van der Waals surface area contributed by atoms with Crippen LogP contribution in [0, 0.1) is 0 Å². The summed E-state index contributed by atoms with van der Waals surface area (Å²) in [4.78, 5) is 20.3. The molecular weight excluding hydrogens is 250 g/mol. The first kappa shape index (κ1) is 11.6. The molecule has 0 aliphatic heterocycles. The molecule has 0 unspecified atom stereocenters. The van der Waals surface area contributed by atoms with Crippen molar-refractivity contribution in [3.05, 3.63) is 46.9 Å². The molecule has 1 N–H and O–H groups in total. The first-order valence-corrected chi connectivity index (χ1v) is 7.07. The third-order valence-electron chi connectivity index (χ3n) is 4.16. The van der Waals surface area contributed by atoms with Gasteiger partial charge in [0.2, 0.25) is 0 Å². The third kappa shape index (κ3) is 1.80. The fourth-order valence-corrected chi connectivity index (χ4v) is 3.14. The second kappa shape index (κ2) is 4.40. The van der Waals surface area contributed by atoms with Crippen molar-refractivity contribution >= 4 is 17.3 Å². The van der Waals surface area contributed by atoms with Crippen LogP contribution in [0.1, 0.15) is 40.0 Å². The number of carbonyl (C=O) groups is 1. The summed E-state index contributed by atoms with van der Waals surface area (Å²) in [5, 5.41) is 3.39. The van der Waals surface area contributed by atoms with E-state index in [1.807, 2.05) is 12.1 Å². The van der Waals surface area contributed by atoms with Crippen molar-refractivity contribution in [3.63, 3.8) is 0 Å². The molecule has 0 fully saturated rings. The average Bonchev–Trinajstić information content (AvgIpc) is 3.07. The van der Waals surface area contributed by atoms with Gasteiger partial charge in [0.25, 0.3) is 0 Å². The van der Waals surface area contributed by atoms with Gasteiger partial charge in [-0.2, -0.15) is 0 Å². The smallest absolute Gasteiger partial charge is 0.163 e. The van der Waals surface area contributed by atoms with Crippen molar-refractivity contribution in [2.24, 2.45) is 0 Å². The molecule has 0 bridgehead atoms. The number of aryl methyl sites for hydroxylation is 2. The Hall–Kier alpha value is -2.23. The average molecular weight is 265 g/mol. The monoisotopic (exact) mass is 265 g/mol. The molecule has 0 amide bonds. The summed E-state index contributed by atoms with van der Waals surface area (Å²) in [5.41, 5.74) is 5.43. The van der Waals surface area contributed by atoms with E-state index in [0.717, 1.165) is 48.3 Å². The highest BCUT2D eigenvalue weighted by Gasteiger charge is 2.20. The number of rotatable bonds is 2. The molecule has 2 aromatic rings. The molecule has 0 radical (unpaired) electrons. The Morgan fingerprint density at radius 3 is 2.95 bits per heavy atom. The van der Waals surface area contributed by atoms with Crippen LogP contribution in [0.3, 0.4) is 0 Å². The standard InChI is InChI=1S/C16H15N3O/c20-15-7-4-10-8-11(5-6-12(10)15)19-16-13-2-1-3-14(13)17-9-18-16/h5-6,8-9H,1-4,7H2,(H,17,18,19). The molecule has 4 rings (SSSR count). The molecule has 0 saturated heterocycles. The van der Waals surface area contributed by atoms with Crippen molar-refractivity contribution in [1.82, 2.24) is 9.97 Å². The van der Waals surface area contributed by atoms with E-state index < -0.39 is 0 Å². The summed E-state index contributed by atoms with van der Waals surface area (Å²) in [6.45, 7) is 0. The lowest BCUT2D eigenvalue weighted by atomic mass is 10.1. The number of fused-ring (bicyclic) bond motifs is 2.